The van der Waals surface area contributed by atoms with Crippen LogP contribution in [0.3, 0.4) is 0 Å². The molecule has 0 atom stereocenters. The molecule has 0 fully saturated rings. The van der Waals surface area contributed by atoms with Crippen molar-refractivity contribution < 1.29 is 4.74 Å². The van der Waals surface area contributed by atoms with Crippen molar-refractivity contribution in [3.05, 3.63) is 35.4 Å². The summed E-state index contributed by atoms with van der Waals surface area (Å²) >= 11 is 0. The maximum atomic E-state index is 8.97. The highest BCUT2D eigenvalue weighted by atomic mass is 16.5. The number of ether oxygens (including phenoxy) is 1. The van der Waals surface area contributed by atoms with Gasteiger partial charge in [-0.15, -0.1) is 0 Å². The highest BCUT2D eigenvalue weighted by Crippen LogP contribution is 2.22. The topological polar surface area (TPSA) is 45.9 Å². The number of aryl methyl sites for hydroxylation is 1. The fourth-order valence-electron chi connectivity index (χ4n) is 1.66. The van der Waals surface area contributed by atoms with Gasteiger partial charge in [0.1, 0.15) is 11.6 Å². The van der Waals surface area contributed by atoms with Crippen molar-refractivity contribution in [2.45, 2.75) is 13.3 Å². The first-order chi connectivity index (χ1) is 7.78. The predicted octanol–water partition coefficient (Wildman–Crippen LogP) is 2.68. The zero-order valence-corrected chi connectivity index (χ0v) is 9.32. The molecule has 0 aliphatic carbocycles. The Hall–Kier alpha value is -2.08. The Morgan fingerprint density at radius 2 is 2.19 bits per heavy atom. The number of fused-ring (bicyclic) bond motifs is 1. The number of benzene rings is 1. The van der Waals surface area contributed by atoms with E-state index in [9.17, 15) is 0 Å². The highest BCUT2D eigenvalue weighted by Gasteiger charge is 2.06. The smallest absolute Gasteiger partial charge is 0.231 e. The molecule has 0 unspecified atom stereocenters. The van der Waals surface area contributed by atoms with Gasteiger partial charge in [-0.3, -0.25) is 0 Å². The minimum absolute atomic E-state index is 0.388. The number of hydrogen-bond acceptors (Lipinski definition) is 3. The van der Waals surface area contributed by atoms with E-state index in [0.717, 1.165) is 17.3 Å². The Balaban J connectivity index is 2.69. The summed E-state index contributed by atoms with van der Waals surface area (Å²) < 4.78 is 5.07. The average molecular weight is 212 g/mol. The van der Waals surface area contributed by atoms with Crippen LogP contribution in [0.1, 0.15) is 18.1 Å². The van der Waals surface area contributed by atoms with Gasteiger partial charge in [0, 0.05) is 5.39 Å². The molecule has 0 spiro atoms. The third-order valence-electron chi connectivity index (χ3n) is 2.57. The van der Waals surface area contributed by atoms with E-state index in [1.54, 1.807) is 0 Å². The molecule has 0 bridgehead atoms. The monoisotopic (exact) mass is 212 g/mol. The first-order valence-corrected chi connectivity index (χ1v) is 5.16. The van der Waals surface area contributed by atoms with Crippen LogP contribution in [-0.4, -0.2) is 12.1 Å². The number of methoxy groups -OCH3 is 1. The van der Waals surface area contributed by atoms with Crippen LogP contribution in [0.5, 0.6) is 5.88 Å². The number of rotatable bonds is 2. The van der Waals surface area contributed by atoms with Crippen LogP contribution in [0.15, 0.2) is 24.3 Å². The Labute approximate surface area is 94.3 Å². The average Bonchev–Trinajstić information content (AvgIpc) is 2.36. The van der Waals surface area contributed by atoms with Crippen molar-refractivity contribution in [2.24, 2.45) is 0 Å². The summed E-state index contributed by atoms with van der Waals surface area (Å²) in [5.74, 6) is 0.388. The van der Waals surface area contributed by atoms with E-state index >= 15 is 0 Å². The van der Waals surface area contributed by atoms with Crippen LogP contribution in [0.2, 0.25) is 0 Å². The van der Waals surface area contributed by atoms with Crippen LogP contribution in [0, 0.1) is 11.3 Å². The molecular formula is C13H12N2O. The largest absolute Gasteiger partial charge is 0.480 e. The quantitative estimate of drug-likeness (QED) is 0.768. The van der Waals surface area contributed by atoms with E-state index < -0.39 is 0 Å². The zero-order chi connectivity index (χ0) is 11.5. The van der Waals surface area contributed by atoms with Crippen molar-refractivity contribution in [1.82, 2.24) is 4.98 Å². The second-order valence-electron chi connectivity index (χ2n) is 3.54. The minimum Gasteiger partial charge on any atom is -0.480 e. The summed E-state index contributed by atoms with van der Waals surface area (Å²) in [6.45, 7) is 2.10. The number of pyridine rings is 1. The van der Waals surface area contributed by atoms with Gasteiger partial charge in [-0.2, -0.15) is 5.26 Å². The molecule has 0 saturated carbocycles. The molecular weight excluding hydrogens is 200 g/mol. The van der Waals surface area contributed by atoms with Crippen molar-refractivity contribution in [3.8, 4) is 11.9 Å². The maximum Gasteiger partial charge on any atom is 0.231 e. The summed E-state index contributed by atoms with van der Waals surface area (Å²) in [6.07, 6.45) is 0.976. The fourth-order valence-corrected chi connectivity index (χ4v) is 1.66. The van der Waals surface area contributed by atoms with Crippen LogP contribution in [-0.2, 0) is 6.42 Å². The lowest BCUT2D eigenvalue weighted by Gasteiger charge is -2.05. The van der Waals surface area contributed by atoms with Crippen molar-refractivity contribution in [3.63, 3.8) is 0 Å². The van der Waals surface area contributed by atoms with E-state index in [1.165, 1.54) is 12.7 Å². The molecule has 3 nitrogen and oxygen atoms in total. The summed E-state index contributed by atoms with van der Waals surface area (Å²) in [5.41, 5.74) is 2.57. The SMILES string of the molecule is CCc1ccc2nc(OC)c(C#N)cc2c1. The molecule has 0 saturated heterocycles. The molecule has 2 aromatic rings. The predicted molar refractivity (Wildman–Crippen MR) is 62.4 cm³/mol. The van der Waals surface area contributed by atoms with Gasteiger partial charge in [-0.25, -0.2) is 4.98 Å². The van der Waals surface area contributed by atoms with Gasteiger partial charge >= 0.3 is 0 Å². The van der Waals surface area contributed by atoms with Crippen molar-refractivity contribution in [2.75, 3.05) is 7.11 Å². The molecule has 2 rings (SSSR count). The normalized spacial score (nSPS) is 10.1. The maximum absolute atomic E-state index is 8.97. The van der Waals surface area contributed by atoms with E-state index in [2.05, 4.69) is 24.0 Å². The van der Waals surface area contributed by atoms with Gasteiger partial charge in [0.15, 0.2) is 0 Å². The second-order valence-corrected chi connectivity index (χ2v) is 3.54. The van der Waals surface area contributed by atoms with Crippen LogP contribution < -0.4 is 4.74 Å². The molecule has 1 aromatic heterocycles. The van der Waals surface area contributed by atoms with E-state index in [4.69, 9.17) is 10.00 Å². The van der Waals surface area contributed by atoms with E-state index in [1.807, 2.05) is 18.2 Å². The van der Waals surface area contributed by atoms with Gasteiger partial charge in [-0.05, 0) is 30.2 Å². The van der Waals surface area contributed by atoms with Gasteiger partial charge in [0.05, 0.1) is 12.6 Å². The molecule has 0 radical (unpaired) electrons. The lowest BCUT2D eigenvalue weighted by Crippen LogP contribution is -1.93. The molecule has 0 amide bonds. The summed E-state index contributed by atoms with van der Waals surface area (Å²) in [6, 6.07) is 9.97. The van der Waals surface area contributed by atoms with Gasteiger partial charge in [-0.1, -0.05) is 13.0 Å². The summed E-state index contributed by atoms with van der Waals surface area (Å²) in [7, 11) is 1.52. The lowest BCUT2D eigenvalue weighted by atomic mass is 10.1. The van der Waals surface area contributed by atoms with Crippen molar-refractivity contribution >= 4 is 10.9 Å². The van der Waals surface area contributed by atoms with Crippen LogP contribution in [0.25, 0.3) is 10.9 Å². The number of nitriles is 1. The molecule has 0 aliphatic heterocycles. The molecule has 80 valence electrons. The van der Waals surface area contributed by atoms with Crippen molar-refractivity contribution in [1.29, 1.82) is 5.26 Å². The fraction of sp³-hybridized carbons (Fsp3) is 0.231. The summed E-state index contributed by atoms with van der Waals surface area (Å²) in [5, 5.41) is 9.95. The molecule has 0 N–H and O–H groups in total. The first-order valence-electron chi connectivity index (χ1n) is 5.16. The van der Waals surface area contributed by atoms with Gasteiger partial charge < -0.3 is 4.74 Å². The molecule has 1 aromatic carbocycles. The molecule has 1 heterocycles. The Bertz CT molecular complexity index is 570. The van der Waals surface area contributed by atoms with Crippen LogP contribution in [0.4, 0.5) is 0 Å². The van der Waals surface area contributed by atoms with E-state index in [0.29, 0.717) is 11.4 Å². The highest BCUT2D eigenvalue weighted by molar-refractivity contribution is 5.81. The second kappa shape index (κ2) is 4.19. The molecule has 0 aliphatic rings. The number of nitrogens with zero attached hydrogens (tertiary/aromatic N) is 2. The van der Waals surface area contributed by atoms with Crippen LogP contribution >= 0.6 is 0 Å². The Kier molecular flexibility index (Phi) is 2.74. The summed E-state index contributed by atoms with van der Waals surface area (Å²) in [4.78, 5) is 4.30. The minimum atomic E-state index is 0.388. The third-order valence-corrected chi connectivity index (χ3v) is 2.57. The molecule has 16 heavy (non-hydrogen) atoms. The standard InChI is InChI=1S/C13H12N2O/c1-3-9-4-5-12-10(6-9)7-11(8-14)13(15-12)16-2/h4-7H,3H2,1-2H3. The van der Waals surface area contributed by atoms with Gasteiger partial charge in [0.2, 0.25) is 5.88 Å². The first kappa shape index (κ1) is 10.4. The lowest BCUT2D eigenvalue weighted by molar-refractivity contribution is 0.398. The number of hydrogen-bond donors (Lipinski definition) is 0. The zero-order valence-electron chi connectivity index (χ0n) is 9.32. The van der Waals surface area contributed by atoms with Gasteiger partial charge in [0.25, 0.3) is 0 Å². The third kappa shape index (κ3) is 1.70. The Morgan fingerprint density at radius 1 is 1.38 bits per heavy atom. The van der Waals surface area contributed by atoms with E-state index in [-0.39, 0.29) is 0 Å². The molecule has 3 heteroatoms. The number of aromatic nitrogens is 1. The Morgan fingerprint density at radius 3 is 2.81 bits per heavy atom.